The second-order valence-electron chi connectivity index (χ2n) is 8.03. The van der Waals surface area contributed by atoms with E-state index in [0.29, 0.717) is 12.2 Å². The number of nitrogens with two attached hydrogens (primary N) is 1. The smallest absolute Gasteiger partial charge is 0.223 e. The molecule has 4 N–H and O–H groups in total. The average molecular weight is 382 g/mol. The number of hydrogen-bond acceptors (Lipinski definition) is 4. The minimum atomic E-state index is 0.125. The van der Waals surface area contributed by atoms with Gasteiger partial charge in [0.25, 0.3) is 0 Å². The van der Waals surface area contributed by atoms with Crippen LogP contribution in [0.5, 0.6) is 0 Å². The predicted octanol–water partition coefficient (Wildman–Crippen LogP) is 3.56. The van der Waals surface area contributed by atoms with E-state index in [4.69, 9.17) is 5.73 Å². The van der Waals surface area contributed by atoms with Gasteiger partial charge < -0.3 is 16.4 Å². The standard InChI is InChI=1S/C22H43N3O2/c1-2-21(26)19-11-13-20(14-12-19)22(27)25-18-10-6-5-9-17-24-16-8-4-3-7-15-23/h19-20,24H,2-18,23H2,1H3,(H,25,27). The van der Waals surface area contributed by atoms with Gasteiger partial charge >= 0.3 is 0 Å². The van der Waals surface area contributed by atoms with E-state index >= 15 is 0 Å². The number of Topliss-reactive ketones (excluding diaryl/α,β-unsaturated/α-hetero) is 1. The molecule has 1 fully saturated rings. The first-order chi connectivity index (χ1) is 13.2. The van der Waals surface area contributed by atoms with Crippen LogP contribution in [0.4, 0.5) is 0 Å². The van der Waals surface area contributed by atoms with Crippen molar-refractivity contribution in [2.45, 2.75) is 90.4 Å². The number of ketones is 1. The SMILES string of the molecule is CCC(=O)C1CCC(C(=O)NCCCCCCNCCCCCCN)CC1. The van der Waals surface area contributed by atoms with Gasteiger partial charge in [0.15, 0.2) is 0 Å². The minimum absolute atomic E-state index is 0.125. The van der Waals surface area contributed by atoms with Crippen molar-refractivity contribution in [3.63, 3.8) is 0 Å². The van der Waals surface area contributed by atoms with E-state index in [2.05, 4.69) is 10.6 Å². The highest BCUT2D eigenvalue weighted by Gasteiger charge is 2.28. The summed E-state index contributed by atoms with van der Waals surface area (Å²) in [5, 5.41) is 6.60. The van der Waals surface area contributed by atoms with Gasteiger partial charge in [-0.25, -0.2) is 0 Å². The Bertz CT molecular complexity index is 393. The Morgan fingerprint density at radius 1 is 0.778 bits per heavy atom. The molecule has 0 spiro atoms. The molecular weight excluding hydrogens is 338 g/mol. The Morgan fingerprint density at radius 3 is 1.85 bits per heavy atom. The largest absolute Gasteiger partial charge is 0.356 e. The van der Waals surface area contributed by atoms with Crippen LogP contribution in [0.2, 0.25) is 0 Å². The Kier molecular flexibility index (Phi) is 14.3. The Morgan fingerprint density at radius 2 is 1.30 bits per heavy atom. The van der Waals surface area contributed by atoms with E-state index in [1.165, 1.54) is 38.5 Å². The van der Waals surface area contributed by atoms with Crippen LogP contribution in [0.15, 0.2) is 0 Å². The molecule has 0 unspecified atom stereocenters. The fraction of sp³-hybridized carbons (Fsp3) is 0.909. The number of amides is 1. The van der Waals surface area contributed by atoms with Gasteiger partial charge in [-0.1, -0.05) is 32.6 Å². The normalized spacial score (nSPS) is 19.8. The summed E-state index contributed by atoms with van der Waals surface area (Å²) in [6.07, 6.45) is 13.8. The molecule has 1 aliphatic rings. The summed E-state index contributed by atoms with van der Waals surface area (Å²) in [4.78, 5) is 24.0. The maximum Gasteiger partial charge on any atom is 0.223 e. The predicted molar refractivity (Wildman–Crippen MR) is 113 cm³/mol. The van der Waals surface area contributed by atoms with Gasteiger partial charge in [-0.05, 0) is 71.0 Å². The van der Waals surface area contributed by atoms with Crippen LogP contribution in [0.25, 0.3) is 0 Å². The topological polar surface area (TPSA) is 84.2 Å². The second kappa shape index (κ2) is 16.1. The summed E-state index contributed by atoms with van der Waals surface area (Å²) in [6, 6.07) is 0. The number of hydrogen-bond donors (Lipinski definition) is 3. The van der Waals surface area contributed by atoms with Gasteiger partial charge in [0, 0.05) is 24.8 Å². The van der Waals surface area contributed by atoms with Crippen LogP contribution in [0.3, 0.4) is 0 Å². The third-order valence-electron chi connectivity index (χ3n) is 5.79. The van der Waals surface area contributed by atoms with Crippen LogP contribution >= 0.6 is 0 Å². The van der Waals surface area contributed by atoms with Gasteiger partial charge in [-0.15, -0.1) is 0 Å². The molecular formula is C22H43N3O2. The van der Waals surface area contributed by atoms with Crippen LogP contribution < -0.4 is 16.4 Å². The zero-order valence-corrected chi connectivity index (χ0v) is 17.6. The maximum absolute atomic E-state index is 12.2. The molecule has 5 nitrogen and oxygen atoms in total. The van der Waals surface area contributed by atoms with E-state index in [9.17, 15) is 9.59 Å². The zero-order chi connectivity index (χ0) is 19.7. The van der Waals surface area contributed by atoms with E-state index in [1.54, 1.807) is 0 Å². The Balaban J connectivity index is 1.88. The lowest BCUT2D eigenvalue weighted by Crippen LogP contribution is -2.34. The van der Waals surface area contributed by atoms with Crippen molar-refractivity contribution in [3.8, 4) is 0 Å². The zero-order valence-electron chi connectivity index (χ0n) is 17.6. The van der Waals surface area contributed by atoms with E-state index in [1.807, 2.05) is 6.92 Å². The number of rotatable bonds is 16. The fourth-order valence-electron chi connectivity index (χ4n) is 3.92. The first-order valence-corrected chi connectivity index (χ1v) is 11.4. The number of nitrogens with one attached hydrogen (secondary N) is 2. The van der Waals surface area contributed by atoms with E-state index < -0.39 is 0 Å². The highest BCUT2D eigenvalue weighted by Crippen LogP contribution is 2.30. The molecule has 1 rings (SSSR count). The Labute approximate surface area is 166 Å². The highest BCUT2D eigenvalue weighted by atomic mass is 16.2. The molecule has 0 atom stereocenters. The molecule has 0 aromatic rings. The lowest BCUT2D eigenvalue weighted by atomic mass is 9.79. The minimum Gasteiger partial charge on any atom is -0.356 e. The van der Waals surface area contributed by atoms with Crippen molar-refractivity contribution in [2.24, 2.45) is 17.6 Å². The average Bonchev–Trinajstić information content (AvgIpc) is 2.70. The Hall–Kier alpha value is -0.940. The van der Waals surface area contributed by atoms with Crippen molar-refractivity contribution < 1.29 is 9.59 Å². The summed E-state index contributed by atoms with van der Waals surface area (Å²) < 4.78 is 0. The van der Waals surface area contributed by atoms with Gasteiger partial charge in [0.05, 0.1) is 0 Å². The fourth-order valence-corrected chi connectivity index (χ4v) is 3.92. The molecule has 1 saturated carbocycles. The van der Waals surface area contributed by atoms with Crippen molar-refractivity contribution in [3.05, 3.63) is 0 Å². The summed E-state index contributed by atoms with van der Waals surface area (Å²) in [7, 11) is 0. The monoisotopic (exact) mass is 381 g/mol. The third kappa shape index (κ3) is 11.5. The summed E-state index contributed by atoms with van der Waals surface area (Å²) in [5.41, 5.74) is 5.48. The van der Waals surface area contributed by atoms with E-state index in [0.717, 1.165) is 64.7 Å². The third-order valence-corrected chi connectivity index (χ3v) is 5.79. The summed E-state index contributed by atoms with van der Waals surface area (Å²) in [5.74, 6) is 0.905. The van der Waals surface area contributed by atoms with Crippen molar-refractivity contribution in [2.75, 3.05) is 26.2 Å². The molecule has 0 aliphatic heterocycles. The molecule has 0 aromatic heterocycles. The molecule has 0 aromatic carbocycles. The molecule has 1 amide bonds. The lowest BCUT2D eigenvalue weighted by molar-refractivity contribution is -0.129. The number of carbonyl (C=O) groups excluding carboxylic acids is 2. The summed E-state index contributed by atoms with van der Waals surface area (Å²) in [6.45, 7) is 5.76. The molecule has 5 heteroatoms. The molecule has 0 radical (unpaired) electrons. The molecule has 158 valence electrons. The van der Waals surface area contributed by atoms with Crippen LogP contribution in [0, 0.1) is 11.8 Å². The molecule has 0 saturated heterocycles. The lowest BCUT2D eigenvalue weighted by Gasteiger charge is -2.26. The van der Waals surface area contributed by atoms with Gasteiger partial charge in [0.1, 0.15) is 5.78 Å². The first kappa shape index (κ1) is 24.1. The maximum atomic E-state index is 12.2. The van der Waals surface area contributed by atoms with Crippen molar-refractivity contribution >= 4 is 11.7 Å². The van der Waals surface area contributed by atoms with Crippen LogP contribution in [0.1, 0.15) is 90.4 Å². The first-order valence-electron chi connectivity index (χ1n) is 11.4. The van der Waals surface area contributed by atoms with Gasteiger partial charge in [-0.3, -0.25) is 9.59 Å². The van der Waals surface area contributed by atoms with Crippen LogP contribution in [-0.4, -0.2) is 37.9 Å². The van der Waals surface area contributed by atoms with Gasteiger partial charge in [-0.2, -0.15) is 0 Å². The molecule has 0 heterocycles. The second-order valence-corrected chi connectivity index (χ2v) is 8.03. The van der Waals surface area contributed by atoms with Gasteiger partial charge in [0.2, 0.25) is 5.91 Å². The number of unbranched alkanes of at least 4 members (excludes halogenated alkanes) is 6. The quantitative estimate of drug-likeness (QED) is 0.357. The molecule has 0 bridgehead atoms. The van der Waals surface area contributed by atoms with E-state index in [-0.39, 0.29) is 17.7 Å². The summed E-state index contributed by atoms with van der Waals surface area (Å²) >= 11 is 0. The molecule has 1 aliphatic carbocycles. The molecule has 27 heavy (non-hydrogen) atoms. The highest BCUT2D eigenvalue weighted by molar-refractivity contribution is 5.82. The van der Waals surface area contributed by atoms with Crippen LogP contribution in [-0.2, 0) is 9.59 Å². The van der Waals surface area contributed by atoms with Crippen molar-refractivity contribution in [1.29, 1.82) is 0 Å². The van der Waals surface area contributed by atoms with Crippen molar-refractivity contribution in [1.82, 2.24) is 10.6 Å². The number of carbonyl (C=O) groups is 2.